The summed E-state index contributed by atoms with van der Waals surface area (Å²) < 4.78 is 0. The van der Waals surface area contributed by atoms with Crippen LogP contribution in [0, 0.1) is 13.8 Å². The Hall–Kier alpha value is -1.65. The van der Waals surface area contributed by atoms with Crippen molar-refractivity contribution in [1.82, 2.24) is 10.2 Å². The van der Waals surface area contributed by atoms with Gasteiger partial charge in [-0.05, 0) is 45.1 Å². The van der Waals surface area contributed by atoms with Crippen molar-refractivity contribution in [2.24, 2.45) is 0 Å². The van der Waals surface area contributed by atoms with Gasteiger partial charge in [0, 0.05) is 22.8 Å². The van der Waals surface area contributed by atoms with E-state index >= 15 is 0 Å². The number of thiophene rings is 1. The largest absolute Gasteiger partial charge is 0.348 e. The lowest BCUT2D eigenvalue weighted by Crippen LogP contribution is -2.22. The fourth-order valence-electron chi connectivity index (χ4n) is 2.26. The Kier molecular flexibility index (Phi) is 5.15. The van der Waals surface area contributed by atoms with E-state index in [0.29, 0.717) is 6.54 Å². The number of amides is 1. The highest BCUT2D eigenvalue weighted by Gasteiger charge is 2.11. The van der Waals surface area contributed by atoms with Crippen LogP contribution < -0.4 is 5.32 Å². The first-order chi connectivity index (χ1) is 9.95. The van der Waals surface area contributed by atoms with Crippen LogP contribution in [0.25, 0.3) is 0 Å². The van der Waals surface area contributed by atoms with Crippen LogP contribution >= 0.6 is 11.3 Å². The number of carbonyl (C=O) groups is 1. The third-order valence-electron chi connectivity index (χ3n) is 3.26. The zero-order valence-electron chi connectivity index (χ0n) is 13.1. The minimum atomic E-state index is 0.00854. The smallest absolute Gasteiger partial charge is 0.252 e. The average molecular weight is 302 g/mol. The Morgan fingerprint density at radius 1 is 1.14 bits per heavy atom. The molecule has 0 aliphatic carbocycles. The van der Waals surface area contributed by atoms with E-state index in [1.807, 2.05) is 19.9 Å². The highest BCUT2D eigenvalue weighted by atomic mass is 32.1. The third-order valence-corrected chi connectivity index (χ3v) is 4.23. The Morgan fingerprint density at radius 3 is 2.29 bits per heavy atom. The number of benzene rings is 1. The quantitative estimate of drug-likeness (QED) is 0.918. The molecule has 1 aromatic heterocycles. The SMILES string of the molecule is Cc1cc(C(=O)NCc2ccc(CN(C)C)cc2)c(C)s1. The predicted octanol–water partition coefficient (Wildman–Crippen LogP) is 3.36. The molecular formula is C17H22N2OS. The molecule has 112 valence electrons. The van der Waals surface area contributed by atoms with Gasteiger partial charge in [-0.15, -0.1) is 11.3 Å². The number of aryl methyl sites for hydroxylation is 2. The molecule has 1 amide bonds. The van der Waals surface area contributed by atoms with Gasteiger partial charge in [-0.25, -0.2) is 0 Å². The molecule has 2 aromatic rings. The molecule has 0 bridgehead atoms. The van der Waals surface area contributed by atoms with Gasteiger partial charge in [-0.3, -0.25) is 4.79 Å². The monoisotopic (exact) mass is 302 g/mol. The van der Waals surface area contributed by atoms with Crippen LogP contribution in [0.5, 0.6) is 0 Å². The normalized spacial score (nSPS) is 10.9. The van der Waals surface area contributed by atoms with Crippen molar-refractivity contribution in [3.63, 3.8) is 0 Å². The molecule has 4 heteroatoms. The van der Waals surface area contributed by atoms with E-state index in [1.165, 1.54) is 10.4 Å². The number of hydrogen-bond acceptors (Lipinski definition) is 3. The molecule has 2 rings (SSSR count). The van der Waals surface area contributed by atoms with Crippen molar-refractivity contribution in [3.8, 4) is 0 Å². The van der Waals surface area contributed by atoms with E-state index in [0.717, 1.165) is 22.5 Å². The Bertz CT molecular complexity index is 614. The van der Waals surface area contributed by atoms with E-state index in [4.69, 9.17) is 0 Å². The van der Waals surface area contributed by atoms with Crippen LogP contribution in [-0.4, -0.2) is 24.9 Å². The standard InChI is InChI=1S/C17H22N2OS/c1-12-9-16(13(2)21-12)17(20)18-10-14-5-7-15(8-6-14)11-19(3)4/h5-9H,10-11H2,1-4H3,(H,18,20). The second-order valence-electron chi connectivity index (χ2n) is 5.56. The zero-order chi connectivity index (χ0) is 15.4. The topological polar surface area (TPSA) is 32.3 Å². The van der Waals surface area contributed by atoms with E-state index in [9.17, 15) is 4.79 Å². The van der Waals surface area contributed by atoms with Crippen LogP contribution in [0.4, 0.5) is 0 Å². The first kappa shape index (κ1) is 15.7. The summed E-state index contributed by atoms with van der Waals surface area (Å²) in [5.41, 5.74) is 3.19. The first-order valence-corrected chi connectivity index (χ1v) is 7.85. The van der Waals surface area contributed by atoms with Gasteiger partial charge in [-0.1, -0.05) is 24.3 Å². The van der Waals surface area contributed by atoms with Crippen molar-refractivity contribution in [2.75, 3.05) is 14.1 Å². The van der Waals surface area contributed by atoms with Gasteiger partial charge in [0.15, 0.2) is 0 Å². The fourth-order valence-corrected chi connectivity index (χ4v) is 3.18. The molecule has 0 fully saturated rings. The minimum absolute atomic E-state index is 0.00854. The lowest BCUT2D eigenvalue weighted by atomic mass is 10.1. The molecule has 0 radical (unpaired) electrons. The molecule has 0 aliphatic rings. The fraction of sp³-hybridized carbons (Fsp3) is 0.353. The average Bonchev–Trinajstić information content (AvgIpc) is 2.76. The second kappa shape index (κ2) is 6.87. The summed E-state index contributed by atoms with van der Waals surface area (Å²) in [6, 6.07) is 10.3. The molecule has 21 heavy (non-hydrogen) atoms. The van der Waals surface area contributed by atoms with Gasteiger partial charge in [0.1, 0.15) is 0 Å². The molecule has 1 N–H and O–H groups in total. The van der Waals surface area contributed by atoms with Crippen molar-refractivity contribution >= 4 is 17.2 Å². The maximum atomic E-state index is 12.2. The van der Waals surface area contributed by atoms with E-state index in [-0.39, 0.29) is 5.91 Å². The Labute approximate surface area is 130 Å². The van der Waals surface area contributed by atoms with Gasteiger partial charge < -0.3 is 10.2 Å². The van der Waals surface area contributed by atoms with Gasteiger partial charge in [0.2, 0.25) is 0 Å². The molecule has 0 saturated carbocycles. The van der Waals surface area contributed by atoms with Crippen LogP contribution in [0.3, 0.4) is 0 Å². The minimum Gasteiger partial charge on any atom is -0.348 e. The van der Waals surface area contributed by atoms with Gasteiger partial charge >= 0.3 is 0 Å². The van der Waals surface area contributed by atoms with Crippen molar-refractivity contribution in [1.29, 1.82) is 0 Å². The van der Waals surface area contributed by atoms with E-state index in [2.05, 4.69) is 48.6 Å². The van der Waals surface area contributed by atoms with Crippen molar-refractivity contribution < 1.29 is 4.79 Å². The molecule has 0 aliphatic heterocycles. The maximum Gasteiger partial charge on any atom is 0.252 e. The second-order valence-corrected chi connectivity index (χ2v) is 7.02. The van der Waals surface area contributed by atoms with Gasteiger partial charge in [0.05, 0.1) is 5.56 Å². The summed E-state index contributed by atoms with van der Waals surface area (Å²) in [5.74, 6) is 0.00854. The molecular weight excluding hydrogens is 280 g/mol. The number of hydrogen-bond donors (Lipinski definition) is 1. The van der Waals surface area contributed by atoms with E-state index < -0.39 is 0 Å². The summed E-state index contributed by atoms with van der Waals surface area (Å²) in [7, 11) is 4.11. The summed E-state index contributed by atoms with van der Waals surface area (Å²) in [6.07, 6.45) is 0. The van der Waals surface area contributed by atoms with E-state index in [1.54, 1.807) is 11.3 Å². The first-order valence-electron chi connectivity index (χ1n) is 7.03. The Balaban J connectivity index is 1.93. The van der Waals surface area contributed by atoms with Crippen LogP contribution in [0.2, 0.25) is 0 Å². The molecule has 1 aromatic carbocycles. The van der Waals surface area contributed by atoms with Gasteiger partial charge in [-0.2, -0.15) is 0 Å². The summed E-state index contributed by atoms with van der Waals surface area (Å²) in [5, 5.41) is 2.99. The number of nitrogens with one attached hydrogen (secondary N) is 1. The lowest BCUT2D eigenvalue weighted by molar-refractivity contribution is 0.0951. The molecule has 0 saturated heterocycles. The molecule has 1 heterocycles. The number of nitrogens with zero attached hydrogens (tertiary/aromatic N) is 1. The lowest BCUT2D eigenvalue weighted by Gasteiger charge is -2.10. The van der Waals surface area contributed by atoms with Crippen LogP contribution in [-0.2, 0) is 13.1 Å². The van der Waals surface area contributed by atoms with Crippen molar-refractivity contribution in [2.45, 2.75) is 26.9 Å². The summed E-state index contributed by atoms with van der Waals surface area (Å²) >= 11 is 1.66. The predicted molar refractivity (Wildman–Crippen MR) is 88.8 cm³/mol. The van der Waals surface area contributed by atoms with Crippen molar-refractivity contribution in [3.05, 3.63) is 56.8 Å². The highest BCUT2D eigenvalue weighted by Crippen LogP contribution is 2.20. The van der Waals surface area contributed by atoms with Gasteiger partial charge in [0.25, 0.3) is 5.91 Å². The molecule has 0 unspecified atom stereocenters. The molecule has 3 nitrogen and oxygen atoms in total. The molecule has 0 spiro atoms. The summed E-state index contributed by atoms with van der Waals surface area (Å²) in [6.45, 7) is 5.51. The molecule has 0 atom stereocenters. The van der Waals surface area contributed by atoms with Crippen LogP contribution in [0.15, 0.2) is 30.3 Å². The Morgan fingerprint density at radius 2 is 1.76 bits per heavy atom. The maximum absolute atomic E-state index is 12.2. The number of rotatable bonds is 5. The highest BCUT2D eigenvalue weighted by molar-refractivity contribution is 7.12. The summed E-state index contributed by atoms with van der Waals surface area (Å²) in [4.78, 5) is 16.5. The van der Waals surface area contributed by atoms with Crippen LogP contribution in [0.1, 0.15) is 31.2 Å². The number of carbonyl (C=O) groups excluding carboxylic acids is 1. The third kappa shape index (κ3) is 4.41. The zero-order valence-corrected chi connectivity index (χ0v) is 13.9.